The first-order valence-corrected chi connectivity index (χ1v) is 14.4. The van der Waals surface area contributed by atoms with Crippen LogP contribution in [0.25, 0.3) is 5.69 Å². The second kappa shape index (κ2) is 14.2. The normalized spacial score (nSPS) is 17.2. The van der Waals surface area contributed by atoms with Crippen LogP contribution < -0.4 is 10.9 Å². The quantitative estimate of drug-likeness (QED) is 0.221. The predicted octanol–water partition coefficient (Wildman–Crippen LogP) is 4.16. The molecule has 5 rings (SSSR count). The average Bonchev–Trinajstić information content (AvgIpc) is 2.95. The average molecular weight is 619 g/mol. The van der Waals surface area contributed by atoms with Crippen molar-refractivity contribution in [2.75, 3.05) is 19.6 Å². The Balaban J connectivity index is 0.000000541. The molecule has 2 aromatic carbocycles. The molecule has 1 aromatic heterocycles. The van der Waals surface area contributed by atoms with Crippen LogP contribution in [-0.4, -0.2) is 62.4 Å². The molecule has 2 aliphatic rings. The third kappa shape index (κ3) is 7.84. The minimum Gasteiger partial charge on any atom is -0.475 e. The molecule has 0 spiro atoms. The van der Waals surface area contributed by atoms with Gasteiger partial charge in [-0.2, -0.15) is 13.2 Å². The lowest BCUT2D eigenvalue weighted by molar-refractivity contribution is -0.192. The second-order valence-corrected chi connectivity index (χ2v) is 10.8. The highest BCUT2D eigenvalue weighted by Crippen LogP contribution is 2.38. The molecule has 3 aromatic rings. The number of fused-ring (bicyclic) bond motifs is 1. The monoisotopic (exact) mass is 618 g/mol. The van der Waals surface area contributed by atoms with Gasteiger partial charge in [-0.25, -0.2) is 9.78 Å². The van der Waals surface area contributed by atoms with Gasteiger partial charge < -0.3 is 20.4 Å². The Morgan fingerprint density at radius 1 is 1.07 bits per heavy atom. The molecule has 13 heteroatoms. The van der Waals surface area contributed by atoms with Crippen molar-refractivity contribution in [1.82, 2.24) is 19.8 Å². The lowest BCUT2D eigenvalue weighted by Gasteiger charge is -2.35. The van der Waals surface area contributed by atoms with E-state index in [1.54, 1.807) is 9.47 Å². The number of thiol groups is 1. The number of nitrogens with zero attached hydrogens (tertiary/aromatic N) is 3. The number of amides is 1. The first-order chi connectivity index (χ1) is 20.5. The Morgan fingerprint density at radius 2 is 1.67 bits per heavy atom. The van der Waals surface area contributed by atoms with Gasteiger partial charge in [0.1, 0.15) is 11.2 Å². The minimum atomic E-state index is -5.08. The van der Waals surface area contributed by atoms with Gasteiger partial charge in [-0.15, -0.1) is 12.6 Å². The Kier molecular flexibility index (Phi) is 10.6. The van der Waals surface area contributed by atoms with E-state index >= 15 is 0 Å². The number of alkyl halides is 3. The van der Waals surface area contributed by atoms with Crippen molar-refractivity contribution >= 4 is 24.5 Å². The zero-order valence-corrected chi connectivity index (χ0v) is 24.1. The number of aromatic nitrogens is 2. The van der Waals surface area contributed by atoms with E-state index in [4.69, 9.17) is 27.5 Å². The third-order valence-electron chi connectivity index (χ3n) is 7.45. The maximum atomic E-state index is 13.8. The van der Waals surface area contributed by atoms with Crippen LogP contribution in [0.1, 0.15) is 65.7 Å². The van der Waals surface area contributed by atoms with Crippen LogP contribution in [0.15, 0.2) is 65.5 Å². The molecule has 43 heavy (non-hydrogen) atoms. The van der Waals surface area contributed by atoms with Gasteiger partial charge in [-0.05, 0) is 30.5 Å². The summed E-state index contributed by atoms with van der Waals surface area (Å²) >= 11 is 4.74. The molecule has 0 radical (unpaired) electrons. The summed E-state index contributed by atoms with van der Waals surface area (Å²) in [7, 11) is 0. The number of hydrogen-bond donors (Lipinski definition) is 4. The van der Waals surface area contributed by atoms with Gasteiger partial charge in [0.2, 0.25) is 5.91 Å². The van der Waals surface area contributed by atoms with Gasteiger partial charge in [0.15, 0.2) is 0 Å². The second-order valence-electron chi connectivity index (χ2n) is 10.3. The summed E-state index contributed by atoms with van der Waals surface area (Å²) in [6.07, 6.45) is -1.68. The molecule has 0 saturated heterocycles. The van der Waals surface area contributed by atoms with Crippen LogP contribution in [0.2, 0.25) is 0 Å². The van der Waals surface area contributed by atoms with E-state index < -0.39 is 23.6 Å². The highest BCUT2D eigenvalue weighted by Gasteiger charge is 2.38. The Bertz CT molecular complexity index is 1470. The number of nitrogens with one attached hydrogen (secondary N) is 1. The maximum absolute atomic E-state index is 13.8. The summed E-state index contributed by atoms with van der Waals surface area (Å²) in [5.41, 5.74) is 2.77. The summed E-state index contributed by atoms with van der Waals surface area (Å²) in [6, 6.07) is 19.0. The van der Waals surface area contributed by atoms with Crippen LogP contribution >= 0.6 is 12.6 Å². The number of carboxylic acid groups (broad SMARTS) is 1. The van der Waals surface area contributed by atoms with Gasteiger partial charge >= 0.3 is 12.1 Å². The summed E-state index contributed by atoms with van der Waals surface area (Å²) in [6.45, 7) is 1.28. The number of rotatable bonds is 8. The number of carboxylic acids is 1. The van der Waals surface area contributed by atoms with Crippen LogP contribution in [0.3, 0.4) is 0 Å². The molecular formula is C30H33F3N4O5S. The number of aliphatic hydroxyl groups is 1. The van der Waals surface area contributed by atoms with Crippen molar-refractivity contribution in [2.45, 2.75) is 55.7 Å². The van der Waals surface area contributed by atoms with Crippen molar-refractivity contribution in [3.05, 3.63) is 93.7 Å². The van der Waals surface area contributed by atoms with E-state index in [1.807, 2.05) is 60.7 Å². The molecule has 3 N–H and O–H groups in total. The molecule has 2 unspecified atom stereocenters. The number of hydrogen-bond acceptors (Lipinski definition) is 7. The summed E-state index contributed by atoms with van der Waals surface area (Å²) in [5, 5.41) is 20.0. The number of carbonyl (C=O) groups is 2. The number of para-hydroxylation sites is 1. The largest absolute Gasteiger partial charge is 0.490 e. The molecule has 1 saturated carbocycles. The Labute approximate surface area is 251 Å². The summed E-state index contributed by atoms with van der Waals surface area (Å²) < 4.78 is 33.5. The van der Waals surface area contributed by atoms with Gasteiger partial charge in [0, 0.05) is 38.4 Å². The SMILES string of the molecule is O=C(CCNCC(O)c1ccccc1)N1CCc2nc(C3CCC3)n(-c3ccccc3)c(=O)c2C1S.O=C(O)C(F)(F)F. The zero-order valence-electron chi connectivity index (χ0n) is 23.2. The maximum Gasteiger partial charge on any atom is 0.490 e. The highest BCUT2D eigenvalue weighted by molar-refractivity contribution is 7.80. The van der Waals surface area contributed by atoms with E-state index in [0.717, 1.165) is 42.0 Å². The number of aliphatic carboxylic acids is 1. The van der Waals surface area contributed by atoms with E-state index in [-0.39, 0.29) is 17.9 Å². The summed E-state index contributed by atoms with van der Waals surface area (Å²) in [4.78, 5) is 42.4. The van der Waals surface area contributed by atoms with Gasteiger partial charge in [0.05, 0.1) is 23.0 Å². The fourth-order valence-corrected chi connectivity index (χ4v) is 5.45. The van der Waals surface area contributed by atoms with Crippen molar-refractivity contribution < 1.29 is 33.0 Å². The Morgan fingerprint density at radius 3 is 2.23 bits per heavy atom. The lowest BCUT2D eigenvalue weighted by atomic mass is 9.84. The first kappa shape index (κ1) is 32.2. The summed E-state index contributed by atoms with van der Waals surface area (Å²) in [5.74, 6) is -1.71. The minimum absolute atomic E-state index is 0.0731. The fraction of sp³-hybridized carbons (Fsp3) is 0.400. The van der Waals surface area contributed by atoms with Crippen LogP contribution in [0.4, 0.5) is 13.2 Å². The van der Waals surface area contributed by atoms with Crippen molar-refractivity contribution in [2.24, 2.45) is 0 Å². The topological polar surface area (TPSA) is 125 Å². The van der Waals surface area contributed by atoms with Gasteiger partial charge in [0.25, 0.3) is 5.56 Å². The molecule has 1 amide bonds. The van der Waals surface area contributed by atoms with Crippen molar-refractivity contribution in [1.29, 1.82) is 0 Å². The number of carbonyl (C=O) groups excluding carboxylic acids is 1. The number of benzene rings is 2. The zero-order chi connectivity index (χ0) is 31.1. The van der Waals surface area contributed by atoms with Crippen LogP contribution in [0.5, 0.6) is 0 Å². The molecule has 1 aliphatic heterocycles. The van der Waals surface area contributed by atoms with Crippen LogP contribution in [-0.2, 0) is 16.0 Å². The van der Waals surface area contributed by atoms with E-state index in [1.165, 1.54) is 0 Å². The van der Waals surface area contributed by atoms with Gasteiger partial charge in [-0.3, -0.25) is 14.2 Å². The molecule has 0 bridgehead atoms. The van der Waals surface area contributed by atoms with E-state index in [9.17, 15) is 27.9 Å². The molecule has 1 fully saturated rings. The van der Waals surface area contributed by atoms with E-state index in [0.29, 0.717) is 37.5 Å². The standard InChI is InChI=1S/C28H32N4O3S.C2HF3O2/c33-23(19-8-3-1-4-9-19)18-29-16-14-24(34)31-17-15-22-25(28(31)36)27(35)32(21-12-5-2-6-13-21)26(30-22)20-10-7-11-20;3-2(4,5)1(6)7/h1-6,8-9,12-13,20,23,28-29,33,36H,7,10-11,14-18H2;(H,6,7). The molecule has 2 atom stereocenters. The third-order valence-corrected chi connectivity index (χ3v) is 7.99. The highest BCUT2D eigenvalue weighted by atomic mass is 32.1. The fourth-order valence-electron chi connectivity index (χ4n) is 4.95. The number of halogens is 3. The van der Waals surface area contributed by atoms with Gasteiger partial charge in [-0.1, -0.05) is 55.0 Å². The molecule has 9 nitrogen and oxygen atoms in total. The molecule has 230 valence electrons. The lowest BCUT2D eigenvalue weighted by Crippen LogP contribution is -2.44. The molecule has 1 aliphatic carbocycles. The van der Waals surface area contributed by atoms with Crippen molar-refractivity contribution in [3.63, 3.8) is 0 Å². The van der Waals surface area contributed by atoms with E-state index in [2.05, 4.69) is 5.32 Å². The smallest absolute Gasteiger partial charge is 0.475 e. The Hall–Kier alpha value is -3.68. The van der Waals surface area contributed by atoms with Crippen molar-refractivity contribution in [3.8, 4) is 5.69 Å². The first-order valence-electron chi connectivity index (χ1n) is 13.9. The number of aliphatic hydroxyl groups excluding tert-OH is 1. The molecule has 2 heterocycles. The predicted molar refractivity (Wildman–Crippen MR) is 156 cm³/mol. The molecular weight excluding hydrogens is 585 g/mol. The van der Waals surface area contributed by atoms with Crippen LogP contribution in [0, 0.1) is 0 Å².